The van der Waals surface area contributed by atoms with Crippen LogP contribution in [0.4, 0.5) is 8.78 Å². The van der Waals surface area contributed by atoms with E-state index in [1.165, 1.54) is 18.2 Å². The number of nitrogens with one attached hydrogen (secondary N) is 3. The molecule has 8 nitrogen and oxygen atoms in total. The zero-order valence-electron chi connectivity index (χ0n) is 20.3. The molecule has 2 aromatic heterocycles. The molecule has 1 saturated heterocycles. The number of carbonyl (C=O) groups excluding carboxylic acids is 1. The van der Waals surface area contributed by atoms with Crippen molar-refractivity contribution in [2.24, 2.45) is 5.92 Å². The Morgan fingerprint density at radius 3 is 2.86 bits per heavy atom. The lowest BCUT2D eigenvalue weighted by Gasteiger charge is -2.29. The number of amides is 1. The Morgan fingerprint density at radius 2 is 2.11 bits per heavy atom. The van der Waals surface area contributed by atoms with Crippen LogP contribution in [0.1, 0.15) is 36.7 Å². The number of halogens is 2. The molecule has 4 N–H and O–H groups in total. The van der Waals surface area contributed by atoms with Crippen LogP contribution in [0, 0.1) is 17.6 Å². The second kappa shape index (κ2) is 7.85. The van der Waals surface area contributed by atoms with E-state index in [1.807, 2.05) is 11.8 Å². The molecule has 0 spiro atoms. The molecule has 4 aromatic rings. The van der Waals surface area contributed by atoms with Crippen molar-refractivity contribution in [3.8, 4) is 28.4 Å². The maximum absolute atomic E-state index is 15.5. The summed E-state index contributed by atoms with van der Waals surface area (Å²) < 4.78 is 29.6. The number of hydrogen-bond acceptors (Lipinski definition) is 5. The first-order valence-corrected chi connectivity index (χ1v) is 12.7. The second-order valence-corrected chi connectivity index (χ2v) is 10.3. The zero-order chi connectivity index (χ0) is 25.5. The van der Waals surface area contributed by atoms with Gasteiger partial charge in [-0.2, -0.15) is 5.10 Å². The first-order valence-electron chi connectivity index (χ1n) is 12.7. The molecule has 1 saturated carbocycles. The molecule has 0 bridgehead atoms. The van der Waals surface area contributed by atoms with Gasteiger partial charge >= 0.3 is 0 Å². The highest BCUT2D eigenvalue weighted by Gasteiger charge is 2.63. The minimum atomic E-state index is -0.757. The van der Waals surface area contributed by atoms with E-state index in [-0.39, 0.29) is 16.8 Å². The van der Waals surface area contributed by atoms with Gasteiger partial charge in [-0.15, -0.1) is 0 Å². The van der Waals surface area contributed by atoms with Crippen molar-refractivity contribution < 1.29 is 18.7 Å². The number of H-pyrrole nitrogens is 2. The lowest BCUT2D eigenvalue weighted by Crippen LogP contribution is -2.49. The third kappa shape index (κ3) is 3.31. The van der Waals surface area contributed by atoms with Crippen molar-refractivity contribution in [3.63, 3.8) is 0 Å². The fourth-order valence-corrected chi connectivity index (χ4v) is 6.16. The summed E-state index contributed by atoms with van der Waals surface area (Å²) in [6.45, 7) is 3.83. The lowest BCUT2D eigenvalue weighted by atomic mass is 9.96. The highest BCUT2D eigenvalue weighted by Crippen LogP contribution is 2.51. The average Bonchev–Trinajstić information content (AvgIpc) is 3.26. The number of hydrogen-bond donors (Lipinski definition) is 4. The summed E-state index contributed by atoms with van der Waals surface area (Å²) in [5.74, 6) is -0.629. The minimum Gasteiger partial charge on any atom is -0.505 e. The number of fused-ring (bicyclic) bond motifs is 3. The van der Waals surface area contributed by atoms with Gasteiger partial charge in [0, 0.05) is 13.0 Å². The molecule has 4 heterocycles. The van der Waals surface area contributed by atoms with Crippen LogP contribution >= 0.6 is 0 Å². The van der Waals surface area contributed by atoms with Gasteiger partial charge in [0.1, 0.15) is 17.1 Å². The van der Waals surface area contributed by atoms with Crippen LogP contribution in [-0.2, 0) is 24.2 Å². The van der Waals surface area contributed by atoms with Crippen LogP contribution in [-0.4, -0.2) is 54.7 Å². The molecule has 190 valence electrons. The van der Waals surface area contributed by atoms with E-state index in [0.29, 0.717) is 65.6 Å². The Kier molecular flexibility index (Phi) is 4.76. The molecule has 2 atom stereocenters. The molecule has 3 aliphatic rings. The number of carbonyl (C=O) groups is 1. The lowest BCUT2D eigenvalue weighted by molar-refractivity contribution is -0.135. The summed E-state index contributed by atoms with van der Waals surface area (Å²) in [6, 6.07) is 5.68. The van der Waals surface area contributed by atoms with Crippen molar-refractivity contribution in [1.82, 2.24) is 30.4 Å². The highest BCUT2D eigenvalue weighted by atomic mass is 19.1. The first kappa shape index (κ1) is 22.4. The SMILES string of the molecule is CCc1cc(O)c(F)cc1-c1cc(F)c2c(-c3nc4c([nH]3)CN(C(=O)C35CC3CCN5)CC4)n[nH]c2c1. The Bertz CT molecular complexity index is 1590. The molecule has 7 rings (SSSR count). The number of phenols is 1. The maximum atomic E-state index is 15.5. The van der Waals surface area contributed by atoms with E-state index in [9.17, 15) is 14.3 Å². The van der Waals surface area contributed by atoms with Gasteiger partial charge in [-0.3, -0.25) is 9.89 Å². The largest absolute Gasteiger partial charge is 0.505 e. The molecule has 0 radical (unpaired) electrons. The molecular weight excluding hydrogens is 478 g/mol. The van der Waals surface area contributed by atoms with Gasteiger partial charge in [-0.1, -0.05) is 6.92 Å². The fourth-order valence-electron chi connectivity index (χ4n) is 6.16. The number of aromatic amines is 2. The Morgan fingerprint density at radius 1 is 1.24 bits per heavy atom. The number of nitrogens with zero attached hydrogens (tertiary/aromatic N) is 3. The summed E-state index contributed by atoms with van der Waals surface area (Å²) in [7, 11) is 0. The average molecular weight is 505 g/mol. The molecule has 2 aliphatic heterocycles. The van der Waals surface area contributed by atoms with Gasteiger partial charge in [-0.05, 0) is 72.7 Å². The van der Waals surface area contributed by atoms with Crippen LogP contribution in [0.2, 0.25) is 0 Å². The van der Waals surface area contributed by atoms with Gasteiger partial charge < -0.3 is 20.3 Å². The summed E-state index contributed by atoms with van der Waals surface area (Å²) in [5, 5.41) is 20.7. The Balaban J connectivity index is 1.21. The fraction of sp³-hybridized carbons (Fsp3) is 0.370. The molecule has 2 aromatic carbocycles. The van der Waals surface area contributed by atoms with Crippen molar-refractivity contribution >= 4 is 16.8 Å². The first-order chi connectivity index (χ1) is 17.9. The van der Waals surface area contributed by atoms with Crippen molar-refractivity contribution in [1.29, 1.82) is 0 Å². The molecule has 1 aliphatic carbocycles. The molecule has 10 heteroatoms. The quantitative estimate of drug-likeness (QED) is 0.338. The van der Waals surface area contributed by atoms with E-state index >= 15 is 4.39 Å². The van der Waals surface area contributed by atoms with E-state index in [2.05, 4.69) is 20.5 Å². The predicted molar refractivity (Wildman–Crippen MR) is 133 cm³/mol. The van der Waals surface area contributed by atoms with Crippen molar-refractivity contribution in [3.05, 3.63) is 52.9 Å². The topological polar surface area (TPSA) is 110 Å². The van der Waals surface area contributed by atoms with E-state index in [1.54, 1.807) is 6.07 Å². The maximum Gasteiger partial charge on any atom is 0.243 e. The van der Waals surface area contributed by atoms with Gasteiger partial charge in [0.15, 0.2) is 17.4 Å². The van der Waals surface area contributed by atoms with E-state index in [0.717, 1.165) is 30.8 Å². The molecule has 2 unspecified atom stereocenters. The third-order valence-electron chi connectivity index (χ3n) is 8.24. The zero-order valence-corrected chi connectivity index (χ0v) is 20.3. The summed E-state index contributed by atoms with van der Waals surface area (Å²) >= 11 is 0. The summed E-state index contributed by atoms with van der Waals surface area (Å²) in [5.41, 5.74) is 3.88. The number of phenolic OH excluding ortho intramolecular Hbond substituents is 1. The van der Waals surface area contributed by atoms with Crippen LogP contribution in [0.5, 0.6) is 5.75 Å². The second-order valence-electron chi connectivity index (χ2n) is 10.3. The van der Waals surface area contributed by atoms with Gasteiger partial charge in [0.05, 0.1) is 28.8 Å². The predicted octanol–water partition coefficient (Wildman–Crippen LogP) is 3.80. The number of aryl methyl sites for hydroxylation is 1. The van der Waals surface area contributed by atoms with Gasteiger partial charge in [0.2, 0.25) is 5.91 Å². The molecule has 2 fully saturated rings. The summed E-state index contributed by atoms with van der Waals surface area (Å²) in [4.78, 5) is 23.1. The van der Waals surface area contributed by atoms with Gasteiger partial charge in [0.25, 0.3) is 0 Å². The Labute approximate surface area is 211 Å². The number of aromatic hydroxyl groups is 1. The van der Waals surface area contributed by atoms with Crippen LogP contribution in [0.15, 0.2) is 24.3 Å². The molecule has 37 heavy (non-hydrogen) atoms. The third-order valence-corrected chi connectivity index (χ3v) is 8.24. The van der Waals surface area contributed by atoms with Crippen molar-refractivity contribution in [2.45, 2.75) is 44.7 Å². The van der Waals surface area contributed by atoms with Crippen LogP contribution in [0.25, 0.3) is 33.5 Å². The monoisotopic (exact) mass is 504 g/mol. The minimum absolute atomic E-state index is 0.165. The normalized spacial score (nSPS) is 22.4. The van der Waals surface area contributed by atoms with Crippen LogP contribution < -0.4 is 5.32 Å². The standard InChI is InChI=1S/C27H26F2N6O2/c1-2-13-9-22(36)17(28)10-16(13)14-7-18(29)23-20(8-14)33-34-24(23)25-31-19-4-6-35(12-21(19)32-25)26(37)27-11-15(27)3-5-30-27/h7-10,15,30,36H,2-6,11-12H2,1H3,(H,31,32)(H,33,34). The number of piperidine rings is 1. The van der Waals surface area contributed by atoms with Gasteiger partial charge in [-0.25, -0.2) is 13.8 Å². The molecule has 1 amide bonds. The van der Waals surface area contributed by atoms with E-state index in [4.69, 9.17) is 4.98 Å². The smallest absolute Gasteiger partial charge is 0.243 e. The van der Waals surface area contributed by atoms with Crippen LogP contribution in [0.3, 0.4) is 0 Å². The highest BCUT2D eigenvalue weighted by molar-refractivity contribution is 5.95. The number of benzene rings is 2. The molecular formula is C27H26F2N6O2. The number of rotatable bonds is 4. The number of imidazole rings is 1. The number of aromatic nitrogens is 4. The Hall–Kier alpha value is -3.79. The van der Waals surface area contributed by atoms with E-state index < -0.39 is 17.4 Å². The summed E-state index contributed by atoms with van der Waals surface area (Å²) in [6.07, 6.45) is 3.15. The van der Waals surface area contributed by atoms with Crippen molar-refractivity contribution in [2.75, 3.05) is 13.1 Å².